The van der Waals surface area contributed by atoms with Crippen molar-refractivity contribution in [3.05, 3.63) is 81.4 Å². The Balaban J connectivity index is 1.45. The third-order valence-electron chi connectivity index (χ3n) is 5.57. The number of non-ortho nitro benzene ring substituents is 1. The molecule has 6 nitrogen and oxygen atoms in total. The molecule has 4 rings (SSSR count). The fourth-order valence-electron chi connectivity index (χ4n) is 4.04. The molecule has 0 aliphatic carbocycles. The van der Waals surface area contributed by atoms with Crippen LogP contribution in [0.1, 0.15) is 18.4 Å². The molecule has 0 spiro atoms. The fraction of sp³-hybridized carbons (Fsp3) is 0.261. The molecule has 3 aromatic rings. The number of carbonyl (C=O) groups excluding carboxylic acids is 1. The number of likely N-dealkylation sites (tertiary alicyclic amines) is 1. The van der Waals surface area contributed by atoms with E-state index in [2.05, 4.69) is 40.5 Å². The number of fused-ring (bicyclic) bond motifs is 1. The molecule has 1 atom stereocenters. The van der Waals surface area contributed by atoms with Crippen molar-refractivity contribution in [2.75, 3.05) is 18.4 Å². The van der Waals surface area contributed by atoms with Crippen LogP contribution in [0.2, 0.25) is 5.02 Å². The number of halogens is 1. The number of anilines is 1. The van der Waals surface area contributed by atoms with Crippen LogP contribution in [0.15, 0.2) is 60.7 Å². The van der Waals surface area contributed by atoms with Gasteiger partial charge in [-0.15, -0.1) is 0 Å². The summed E-state index contributed by atoms with van der Waals surface area (Å²) in [6, 6.07) is 18.7. The van der Waals surface area contributed by atoms with E-state index in [0.717, 1.165) is 25.9 Å². The molecule has 1 heterocycles. The number of nitrogens with zero attached hydrogens (tertiary/aromatic N) is 2. The van der Waals surface area contributed by atoms with Crippen molar-refractivity contribution in [2.24, 2.45) is 5.92 Å². The number of carbonyl (C=O) groups is 1. The Hall–Kier alpha value is -2.96. The van der Waals surface area contributed by atoms with Gasteiger partial charge in [-0.2, -0.15) is 0 Å². The van der Waals surface area contributed by atoms with Gasteiger partial charge in [-0.3, -0.25) is 19.8 Å². The minimum absolute atomic E-state index is 0.101. The maximum Gasteiger partial charge on any atom is 0.271 e. The predicted molar refractivity (Wildman–Crippen MR) is 119 cm³/mol. The van der Waals surface area contributed by atoms with Crippen LogP contribution < -0.4 is 5.32 Å². The highest BCUT2D eigenvalue weighted by Gasteiger charge is 2.27. The number of hydrogen-bond donors (Lipinski definition) is 1. The summed E-state index contributed by atoms with van der Waals surface area (Å²) in [6.45, 7) is 2.36. The molecule has 1 unspecified atom stereocenters. The number of nitro benzene ring substituents is 1. The summed E-state index contributed by atoms with van der Waals surface area (Å²) >= 11 is 6.13. The SMILES string of the molecule is O=C(Nc1cc([N+](=O)[O-])ccc1Cl)C1CCCN(Cc2cccc3ccccc23)C1. The highest BCUT2D eigenvalue weighted by atomic mass is 35.5. The molecule has 0 bridgehead atoms. The molecule has 0 radical (unpaired) electrons. The molecule has 1 N–H and O–H groups in total. The van der Waals surface area contributed by atoms with Crippen molar-refractivity contribution in [3.8, 4) is 0 Å². The maximum atomic E-state index is 12.8. The summed E-state index contributed by atoms with van der Waals surface area (Å²) in [7, 11) is 0. The molecule has 154 valence electrons. The van der Waals surface area contributed by atoms with Gasteiger partial charge in [-0.1, -0.05) is 54.1 Å². The van der Waals surface area contributed by atoms with Gasteiger partial charge in [0.1, 0.15) is 0 Å². The molecule has 3 aromatic carbocycles. The standard InChI is InChI=1S/C23H22ClN3O3/c24-21-11-10-19(27(29)30)13-22(21)25-23(28)18-8-4-12-26(15-18)14-17-7-3-6-16-5-1-2-9-20(16)17/h1-3,5-7,9-11,13,18H,4,8,12,14-15H2,(H,25,28). The quantitative estimate of drug-likeness (QED) is 0.449. The van der Waals surface area contributed by atoms with Crippen LogP contribution >= 0.6 is 11.6 Å². The Kier molecular flexibility index (Phi) is 5.97. The average Bonchev–Trinajstić information content (AvgIpc) is 2.75. The van der Waals surface area contributed by atoms with Gasteiger partial charge in [0.25, 0.3) is 5.69 Å². The molecule has 7 heteroatoms. The summed E-state index contributed by atoms with van der Waals surface area (Å²) in [5.74, 6) is -0.343. The largest absolute Gasteiger partial charge is 0.324 e. The Labute approximate surface area is 179 Å². The van der Waals surface area contributed by atoms with E-state index in [1.165, 1.54) is 34.5 Å². The summed E-state index contributed by atoms with van der Waals surface area (Å²) in [4.78, 5) is 25.6. The molecular weight excluding hydrogens is 402 g/mol. The van der Waals surface area contributed by atoms with Crippen LogP contribution in [-0.2, 0) is 11.3 Å². The maximum absolute atomic E-state index is 12.8. The zero-order valence-electron chi connectivity index (χ0n) is 16.4. The zero-order chi connectivity index (χ0) is 21.1. The molecule has 0 aromatic heterocycles. The van der Waals surface area contributed by atoms with Crippen LogP contribution in [0.25, 0.3) is 10.8 Å². The number of hydrogen-bond acceptors (Lipinski definition) is 4. The highest BCUT2D eigenvalue weighted by Crippen LogP contribution is 2.29. The van der Waals surface area contributed by atoms with E-state index in [1.807, 2.05) is 12.1 Å². The number of nitrogens with one attached hydrogen (secondary N) is 1. The number of benzene rings is 3. The van der Waals surface area contributed by atoms with Crippen LogP contribution in [0.3, 0.4) is 0 Å². The minimum atomic E-state index is -0.501. The van der Waals surface area contributed by atoms with Gasteiger partial charge >= 0.3 is 0 Å². The van der Waals surface area contributed by atoms with Crippen LogP contribution in [-0.4, -0.2) is 28.8 Å². The van der Waals surface area contributed by atoms with Crippen LogP contribution in [0.4, 0.5) is 11.4 Å². The van der Waals surface area contributed by atoms with Gasteiger partial charge in [0.05, 0.1) is 21.6 Å². The lowest BCUT2D eigenvalue weighted by Crippen LogP contribution is -2.40. The van der Waals surface area contributed by atoms with Crippen molar-refractivity contribution >= 4 is 39.7 Å². The van der Waals surface area contributed by atoms with E-state index in [1.54, 1.807) is 0 Å². The van der Waals surface area contributed by atoms with E-state index in [9.17, 15) is 14.9 Å². The number of rotatable bonds is 5. The van der Waals surface area contributed by atoms with Gasteiger partial charge in [-0.05, 0) is 41.8 Å². The van der Waals surface area contributed by atoms with E-state index in [0.29, 0.717) is 6.54 Å². The summed E-state index contributed by atoms with van der Waals surface area (Å²) < 4.78 is 0. The monoisotopic (exact) mass is 423 g/mol. The second-order valence-corrected chi connectivity index (χ2v) is 8.03. The summed E-state index contributed by atoms with van der Waals surface area (Å²) in [6.07, 6.45) is 1.70. The lowest BCUT2D eigenvalue weighted by Gasteiger charge is -2.32. The smallest absolute Gasteiger partial charge is 0.271 e. The van der Waals surface area contributed by atoms with E-state index in [4.69, 9.17) is 11.6 Å². The van der Waals surface area contributed by atoms with Gasteiger partial charge < -0.3 is 5.32 Å². The fourth-order valence-corrected chi connectivity index (χ4v) is 4.21. The Morgan fingerprint density at radius 2 is 1.97 bits per heavy atom. The molecule has 1 aliphatic rings. The number of piperidine rings is 1. The Morgan fingerprint density at radius 3 is 2.80 bits per heavy atom. The number of nitro groups is 1. The Bertz CT molecular complexity index is 1100. The third-order valence-corrected chi connectivity index (χ3v) is 5.90. The summed E-state index contributed by atoms with van der Waals surface area (Å²) in [5.41, 5.74) is 1.42. The summed E-state index contributed by atoms with van der Waals surface area (Å²) in [5, 5.41) is 16.5. The van der Waals surface area contributed by atoms with Crippen molar-refractivity contribution < 1.29 is 9.72 Å². The lowest BCUT2D eigenvalue weighted by molar-refractivity contribution is -0.384. The molecule has 1 saturated heterocycles. The van der Waals surface area contributed by atoms with Crippen LogP contribution in [0.5, 0.6) is 0 Å². The van der Waals surface area contributed by atoms with Crippen molar-refractivity contribution in [1.29, 1.82) is 0 Å². The van der Waals surface area contributed by atoms with E-state index < -0.39 is 4.92 Å². The lowest BCUT2D eigenvalue weighted by atomic mass is 9.96. The molecule has 0 saturated carbocycles. The van der Waals surface area contributed by atoms with Crippen molar-refractivity contribution in [1.82, 2.24) is 4.90 Å². The average molecular weight is 424 g/mol. The Morgan fingerprint density at radius 1 is 1.17 bits per heavy atom. The predicted octanol–water partition coefficient (Wildman–Crippen LogP) is 5.25. The first-order valence-electron chi connectivity index (χ1n) is 9.95. The first-order chi connectivity index (χ1) is 14.5. The topological polar surface area (TPSA) is 75.5 Å². The minimum Gasteiger partial charge on any atom is -0.324 e. The third kappa shape index (κ3) is 4.45. The van der Waals surface area contributed by atoms with E-state index in [-0.39, 0.29) is 28.2 Å². The van der Waals surface area contributed by atoms with Gasteiger partial charge in [0.2, 0.25) is 5.91 Å². The molecular formula is C23H22ClN3O3. The number of amides is 1. The first-order valence-corrected chi connectivity index (χ1v) is 10.3. The second-order valence-electron chi connectivity index (χ2n) is 7.62. The molecule has 1 amide bonds. The molecule has 1 aliphatic heterocycles. The van der Waals surface area contributed by atoms with E-state index >= 15 is 0 Å². The second kappa shape index (κ2) is 8.81. The van der Waals surface area contributed by atoms with Gasteiger partial charge in [-0.25, -0.2) is 0 Å². The van der Waals surface area contributed by atoms with Gasteiger partial charge in [0, 0.05) is 25.2 Å². The van der Waals surface area contributed by atoms with Gasteiger partial charge in [0.15, 0.2) is 0 Å². The first kappa shape index (κ1) is 20.3. The van der Waals surface area contributed by atoms with Crippen molar-refractivity contribution in [3.63, 3.8) is 0 Å². The normalized spacial score (nSPS) is 17.0. The van der Waals surface area contributed by atoms with Crippen molar-refractivity contribution in [2.45, 2.75) is 19.4 Å². The van der Waals surface area contributed by atoms with Crippen LogP contribution in [0, 0.1) is 16.0 Å². The molecule has 1 fully saturated rings. The highest BCUT2D eigenvalue weighted by molar-refractivity contribution is 6.33. The molecule has 30 heavy (non-hydrogen) atoms. The zero-order valence-corrected chi connectivity index (χ0v) is 17.1.